The Labute approximate surface area is 269 Å². The summed E-state index contributed by atoms with van der Waals surface area (Å²) in [5.41, 5.74) is -0.578. The van der Waals surface area contributed by atoms with Gasteiger partial charge in [0.25, 0.3) is 0 Å². The third-order valence-corrected chi connectivity index (χ3v) is 15.5. The predicted octanol–water partition coefficient (Wildman–Crippen LogP) is 6.55. The lowest BCUT2D eigenvalue weighted by Gasteiger charge is -2.63. The van der Waals surface area contributed by atoms with Gasteiger partial charge in [-0.15, -0.1) is 0 Å². The topological polar surface area (TPSA) is 119 Å². The molecule has 5 saturated carbocycles. The summed E-state index contributed by atoms with van der Waals surface area (Å²) in [6.07, 6.45) is 7.00. The van der Waals surface area contributed by atoms with E-state index in [0.29, 0.717) is 29.6 Å². The zero-order chi connectivity index (χ0) is 33.1. The number of fused-ring (bicyclic) bond motifs is 4. The van der Waals surface area contributed by atoms with Gasteiger partial charge in [-0.25, -0.2) is 0 Å². The fraction of sp³-hybridized carbons (Fsp3) is 0.919. The minimum atomic E-state index is -1.20. The van der Waals surface area contributed by atoms with Crippen LogP contribution >= 0.6 is 0 Å². The van der Waals surface area contributed by atoms with E-state index in [1.807, 2.05) is 0 Å². The summed E-state index contributed by atoms with van der Waals surface area (Å²) in [5, 5.41) is 20.0. The molecule has 2 N–H and O–H groups in total. The van der Waals surface area contributed by atoms with Gasteiger partial charge < -0.3 is 24.4 Å². The number of aliphatic carboxylic acids is 1. The monoisotopic (exact) mass is 630 g/mol. The summed E-state index contributed by atoms with van der Waals surface area (Å²) in [6, 6.07) is 0. The molecule has 254 valence electrons. The highest BCUT2D eigenvalue weighted by atomic mass is 16.6. The van der Waals surface area contributed by atoms with Crippen LogP contribution < -0.4 is 0 Å². The van der Waals surface area contributed by atoms with E-state index in [9.17, 15) is 19.5 Å². The second-order valence-corrected chi connectivity index (χ2v) is 17.9. The summed E-state index contributed by atoms with van der Waals surface area (Å²) >= 11 is 0. The number of carboxylic acids is 1. The molecule has 0 bridgehead atoms. The Kier molecular flexibility index (Phi) is 7.69. The number of rotatable bonds is 7. The first-order valence-electron chi connectivity index (χ1n) is 17.7. The fourth-order valence-electron chi connectivity index (χ4n) is 13.7. The van der Waals surface area contributed by atoms with Crippen LogP contribution in [0.25, 0.3) is 0 Å². The zero-order valence-electron chi connectivity index (χ0n) is 29.1. The van der Waals surface area contributed by atoms with Gasteiger partial charge in [0.15, 0.2) is 6.10 Å². The van der Waals surface area contributed by atoms with E-state index in [1.54, 1.807) is 13.8 Å². The number of carbonyl (C=O) groups is 3. The summed E-state index contributed by atoms with van der Waals surface area (Å²) in [4.78, 5) is 35.7. The van der Waals surface area contributed by atoms with Crippen molar-refractivity contribution in [3.63, 3.8) is 0 Å². The normalized spacial score (nSPS) is 48.4. The highest BCUT2D eigenvalue weighted by Crippen LogP contribution is 2.91. The van der Waals surface area contributed by atoms with E-state index in [-0.39, 0.29) is 70.2 Å². The first-order chi connectivity index (χ1) is 20.8. The van der Waals surface area contributed by atoms with Crippen LogP contribution in [0.2, 0.25) is 0 Å². The Hall–Kier alpha value is -1.67. The Morgan fingerprint density at radius 3 is 2.20 bits per heavy atom. The van der Waals surface area contributed by atoms with Crippen LogP contribution in [0.15, 0.2) is 0 Å². The third kappa shape index (κ3) is 4.45. The van der Waals surface area contributed by atoms with Gasteiger partial charge in [-0.3, -0.25) is 14.4 Å². The molecule has 6 rings (SSSR count). The van der Waals surface area contributed by atoms with E-state index in [0.717, 1.165) is 32.1 Å². The average Bonchev–Trinajstić information content (AvgIpc) is 3.34. The molecule has 1 saturated heterocycles. The number of carboxylic acid groups (broad SMARTS) is 1. The molecule has 0 aromatic rings. The number of carbonyl (C=O) groups excluding carboxylic acids is 2. The number of ether oxygens (including phenoxy) is 3. The van der Waals surface area contributed by atoms with Gasteiger partial charge in [0.1, 0.15) is 6.10 Å². The molecule has 0 radical (unpaired) electrons. The predicted molar refractivity (Wildman–Crippen MR) is 168 cm³/mol. The molecule has 2 spiro atoms. The molecule has 1 heterocycles. The molecule has 4 unspecified atom stereocenters. The van der Waals surface area contributed by atoms with E-state index >= 15 is 0 Å². The van der Waals surface area contributed by atoms with Crippen molar-refractivity contribution in [3.05, 3.63) is 0 Å². The van der Waals surface area contributed by atoms with Crippen molar-refractivity contribution in [1.82, 2.24) is 0 Å². The van der Waals surface area contributed by atoms with Crippen LogP contribution in [0.3, 0.4) is 0 Å². The van der Waals surface area contributed by atoms with Gasteiger partial charge in [0.2, 0.25) is 0 Å². The van der Waals surface area contributed by atoms with Crippen LogP contribution in [0.4, 0.5) is 0 Å². The number of hydrogen-bond acceptors (Lipinski definition) is 7. The van der Waals surface area contributed by atoms with Crippen LogP contribution in [0.1, 0.15) is 127 Å². The lowest BCUT2D eigenvalue weighted by atomic mass is 9.41. The van der Waals surface area contributed by atoms with Gasteiger partial charge in [0, 0.05) is 12.3 Å². The number of aliphatic hydroxyl groups is 1. The number of hydrogen-bond donors (Lipinski definition) is 2. The maximum Gasteiger partial charge on any atom is 0.306 e. The largest absolute Gasteiger partial charge is 0.481 e. The maximum atomic E-state index is 12.6. The SMILES string of the molecule is CC(=O)O[C@@H]([C@H]1CC(C)C2[C@@H](C[C@@]3(C)[C@@H]4CCC5C(C)(C)[C@@H](OC(=O)CCC(=O)O)CCC56[C@@H](C)[C@@]46CC[C@]23C)O1)C(C)(C)O. The van der Waals surface area contributed by atoms with Gasteiger partial charge in [-0.1, -0.05) is 41.5 Å². The maximum absolute atomic E-state index is 12.6. The first-order valence-corrected chi connectivity index (χ1v) is 17.7. The van der Waals surface area contributed by atoms with Crippen molar-refractivity contribution in [1.29, 1.82) is 0 Å². The van der Waals surface area contributed by atoms with Crippen LogP contribution in [-0.2, 0) is 28.6 Å². The van der Waals surface area contributed by atoms with Gasteiger partial charge in [-0.2, -0.15) is 0 Å². The van der Waals surface area contributed by atoms with Crippen molar-refractivity contribution in [2.75, 3.05) is 0 Å². The highest BCUT2D eigenvalue weighted by Gasteiger charge is 2.86. The van der Waals surface area contributed by atoms with Crippen molar-refractivity contribution in [2.24, 2.45) is 56.7 Å². The van der Waals surface area contributed by atoms with Crippen LogP contribution in [0, 0.1) is 56.7 Å². The minimum absolute atomic E-state index is 0.0712. The molecule has 0 aromatic carbocycles. The molecule has 8 heteroatoms. The van der Waals surface area contributed by atoms with E-state index in [4.69, 9.17) is 19.3 Å². The average molecular weight is 631 g/mol. The quantitative estimate of drug-likeness (QED) is 0.304. The van der Waals surface area contributed by atoms with E-state index < -0.39 is 17.7 Å². The van der Waals surface area contributed by atoms with Gasteiger partial charge >= 0.3 is 17.9 Å². The second kappa shape index (κ2) is 10.4. The molecular weight excluding hydrogens is 572 g/mol. The molecule has 0 amide bonds. The van der Waals surface area contributed by atoms with Crippen molar-refractivity contribution >= 4 is 17.9 Å². The Balaban J connectivity index is 1.26. The molecule has 8 nitrogen and oxygen atoms in total. The zero-order valence-corrected chi connectivity index (χ0v) is 29.1. The number of esters is 2. The summed E-state index contributed by atoms with van der Waals surface area (Å²) in [5.74, 6) is 0.748. The van der Waals surface area contributed by atoms with Crippen molar-refractivity contribution in [3.8, 4) is 0 Å². The van der Waals surface area contributed by atoms with Crippen LogP contribution in [-0.4, -0.2) is 58.1 Å². The summed E-state index contributed by atoms with van der Waals surface area (Å²) < 4.78 is 18.7. The first kappa shape index (κ1) is 33.2. The molecule has 6 aliphatic rings. The van der Waals surface area contributed by atoms with Crippen molar-refractivity contribution in [2.45, 2.75) is 157 Å². The lowest BCUT2D eigenvalue weighted by Crippen LogP contribution is -2.58. The fourth-order valence-corrected chi connectivity index (χ4v) is 13.7. The lowest BCUT2D eigenvalue weighted by molar-refractivity contribution is -0.209. The van der Waals surface area contributed by atoms with Gasteiger partial charge in [0.05, 0.1) is 30.7 Å². The van der Waals surface area contributed by atoms with Crippen molar-refractivity contribution < 1.29 is 38.8 Å². The smallest absolute Gasteiger partial charge is 0.306 e. The molecule has 13 atom stereocenters. The molecule has 5 aliphatic carbocycles. The third-order valence-electron chi connectivity index (χ3n) is 15.5. The summed E-state index contributed by atoms with van der Waals surface area (Å²) in [7, 11) is 0. The minimum Gasteiger partial charge on any atom is -0.481 e. The Bertz CT molecular complexity index is 1240. The van der Waals surface area contributed by atoms with E-state index in [2.05, 4.69) is 41.5 Å². The Morgan fingerprint density at radius 1 is 0.933 bits per heavy atom. The second-order valence-electron chi connectivity index (χ2n) is 17.9. The molecule has 45 heavy (non-hydrogen) atoms. The standard InChI is InChI=1S/C37H58O8/c1-20-18-23(31(33(6,7)42)43-22(3)38)44-24-19-35(9)26-11-10-25-32(4,5)27(45-29(41)13-12-28(39)40)14-15-36(25)21(2)37(26,36)17-16-34(35,8)30(20)24/h20-21,23-27,30-31,42H,10-19H2,1-9H3,(H,39,40)/t20?,21-,23-,24-,25?,26+,27+,30?,31+,34-,35+,36?,37+/m1/s1. The van der Waals surface area contributed by atoms with Crippen LogP contribution in [0.5, 0.6) is 0 Å². The van der Waals surface area contributed by atoms with E-state index in [1.165, 1.54) is 26.2 Å². The molecular formula is C37H58O8. The molecule has 1 aliphatic heterocycles. The summed E-state index contributed by atoms with van der Waals surface area (Å²) in [6.45, 7) is 19.4. The Morgan fingerprint density at radius 2 is 1.58 bits per heavy atom. The van der Waals surface area contributed by atoms with Gasteiger partial charge in [-0.05, 0) is 116 Å². The molecule has 0 aromatic heterocycles. The molecule has 6 fully saturated rings. The highest BCUT2D eigenvalue weighted by molar-refractivity contribution is 5.76.